The van der Waals surface area contributed by atoms with Gasteiger partial charge < -0.3 is 9.64 Å². The number of carbonyl (C=O) groups is 1. The van der Waals surface area contributed by atoms with Crippen LogP contribution in [-0.4, -0.2) is 41.7 Å². The normalized spacial score (nSPS) is 12.9. The number of hydrogen-bond acceptors (Lipinski definition) is 3. The Labute approximate surface area is 225 Å². The summed E-state index contributed by atoms with van der Waals surface area (Å²) in [5.74, 6) is 1.21. The summed E-state index contributed by atoms with van der Waals surface area (Å²) in [6, 6.07) is 25.5. The van der Waals surface area contributed by atoms with Gasteiger partial charge in [0.2, 0.25) is 5.91 Å². The highest BCUT2D eigenvalue weighted by Gasteiger charge is 2.14. The van der Waals surface area contributed by atoms with Crippen LogP contribution in [0.2, 0.25) is 0 Å². The first-order chi connectivity index (χ1) is 18.5. The molecule has 5 nitrogen and oxygen atoms in total. The lowest BCUT2D eigenvalue weighted by molar-refractivity contribution is -0.123. The number of nitrogens with zero attached hydrogens (tertiary/aromatic N) is 2. The average Bonchev–Trinajstić information content (AvgIpc) is 3.41. The predicted molar refractivity (Wildman–Crippen MR) is 157 cm³/mol. The number of rotatable bonds is 11. The molecule has 0 aliphatic rings. The molecule has 0 saturated carbocycles. The maximum atomic E-state index is 11.7. The van der Waals surface area contributed by atoms with Crippen molar-refractivity contribution in [3.8, 4) is 5.75 Å². The summed E-state index contributed by atoms with van der Waals surface area (Å²) in [7, 11) is 3.52. The van der Waals surface area contributed by atoms with Crippen molar-refractivity contribution in [1.82, 2.24) is 15.1 Å². The van der Waals surface area contributed by atoms with Gasteiger partial charge in [-0.05, 0) is 83.4 Å². The lowest BCUT2D eigenvalue weighted by Gasteiger charge is -2.17. The number of amides is 1. The Balaban J connectivity index is 1.51. The Morgan fingerprint density at radius 3 is 2.45 bits per heavy atom. The van der Waals surface area contributed by atoms with E-state index in [0.717, 1.165) is 41.5 Å². The largest absolute Gasteiger partial charge is 0.494 e. The lowest BCUT2D eigenvalue weighted by Crippen LogP contribution is -2.19. The zero-order chi connectivity index (χ0) is 26.9. The molecule has 5 heteroatoms. The van der Waals surface area contributed by atoms with E-state index in [-0.39, 0.29) is 5.91 Å². The van der Waals surface area contributed by atoms with Crippen LogP contribution < -0.4 is 4.74 Å². The number of fused-ring (bicyclic) bond motifs is 1. The fraction of sp³-hybridized carbons (Fsp3) is 0.273. The molecule has 3 aromatic carbocycles. The lowest BCUT2D eigenvalue weighted by atomic mass is 9.88. The van der Waals surface area contributed by atoms with Gasteiger partial charge in [-0.3, -0.25) is 9.89 Å². The van der Waals surface area contributed by atoms with Crippen molar-refractivity contribution in [2.45, 2.75) is 33.1 Å². The monoisotopic (exact) mass is 507 g/mol. The standard InChI is InChI=1S/C33H37N3O2/c1-5-30(25-11-7-6-8-12-25)33(27-16-19-31-28(22-27)23-34-35-31)26-14-17-29(18-15-26)38-21-9-10-24(2)13-20-32(37)36(3)4/h6-8,11-20,22-24H,5,9-10,21H2,1-4H3,(H,34,35)/b20-13+,33-30+. The molecule has 196 valence electrons. The highest BCUT2D eigenvalue weighted by molar-refractivity contribution is 6.00. The van der Waals surface area contributed by atoms with Gasteiger partial charge in [0, 0.05) is 19.5 Å². The fourth-order valence-corrected chi connectivity index (χ4v) is 4.58. The van der Waals surface area contributed by atoms with Crippen molar-refractivity contribution in [3.05, 3.63) is 108 Å². The Morgan fingerprint density at radius 2 is 1.74 bits per heavy atom. The van der Waals surface area contributed by atoms with E-state index in [1.807, 2.05) is 12.3 Å². The molecule has 38 heavy (non-hydrogen) atoms. The van der Waals surface area contributed by atoms with Gasteiger partial charge in [-0.25, -0.2) is 0 Å². The fourth-order valence-electron chi connectivity index (χ4n) is 4.58. The summed E-state index contributed by atoms with van der Waals surface area (Å²) in [6.07, 6.45) is 8.30. The number of carbonyl (C=O) groups excluding carboxylic acids is 1. The van der Waals surface area contributed by atoms with Crippen LogP contribution >= 0.6 is 0 Å². The van der Waals surface area contributed by atoms with Crippen molar-refractivity contribution < 1.29 is 9.53 Å². The van der Waals surface area contributed by atoms with E-state index >= 15 is 0 Å². The van der Waals surface area contributed by atoms with Gasteiger partial charge in [-0.1, -0.05) is 68.5 Å². The minimum Gasteiger partial charge on any atom is -0.494 e. The number of nitrogens with one attached hydrogen (secondary N) is 1. The van der Waals surface area contributed by atoms with Crippen LogP contribution in [0.4, 0.5) is 0 Å². The van der Waals surface area contributed by atoms with E-state index in [1.165, 1.54) is 22.3 Å². The Hall–Kier alpha value is -4.12. The van der Waals surface area contributed by atoms with Gasteiger partial charge in [0.15, 0.2) is 0 Å². The Morgan fingerprint density at radius 1 is 1.00 bits per heavy atom. The number of hydrogen-bond donors (Lipinski definition) is 1. The number of allylic oxidation sites excluding steroid dienone is 2. The molecule has 0 radical (unpaired) electrons. The maximum absolute atomic E-state index is 11.7. The second-order valence-corrected chi connectivity index (χ2v) is 9.83. The molecule has 1 N–H and O–H groups in total. The number of aromatic nitrogens is 2. The average molecular weight is 508 g/mol. The summed E-state index contributed by atoms with van der Waals surface area (Å²) in [5.41, 5.74) is 7.11. The minimum absolute atomic E-state index is 0.0183. The molecule has 0 fully saturated rings. The molecule has 1 heterocycles. The third kappa shape index (κ3) is 6.80. The van der Waals surface area contributed by atoms with E-state index in [2.05, 4.69) is 96.8 Å². The summed E-state index contributed by atoms with van der Waals surface area (Å²) in [4.78, 5) is 13.3. The second kappa shape index (κ2) is 12.9. The molecule has 4 rings (SSSR count). The molecule has 0 aliphatic heterocycles. The van der Waals surface area contributed by atoms with E-state index in [4.69, 9.17) is 4.74 Å². The van der Waals surface area contributed by atoms with E-state index < -0.39 is 0 Å². The SMILES string of the molecule is CC/C(=C(/c1ccc(OCCCC(C)/C=C/C(=O)N(C)C)cc1)c1ccc2[nH]ncc2c1)c1ccccc1. The highest BCUT2D eigenvalue weighted by Crippen LogP contribution is 2.36. The minimum atomic E-state index is 0.0183. The van der Waals surface area contributed by atoms with Gasteiger partial charge >= 0.3 is 0 Å². The molecule has 0 aliphatic carbocycles. The maximum Gasteiger partial charge on any atom is 0.245 e. The number of aromatic amines is 1. The van der Waals surface area contributed by atoms with Crippen molar-refractivity contribution in [3.63, 3.8) is 0 Å². The molecule has 0 spiro atoms. The summed E-state index contributed by atoms with van der Waals surface area (Å²) >= 11 is 0. The second-order valence-electron chi connectivity index (χ2n) is 9.83. The number of ether oxygens (including phenoxy) is 1. The number of H-pyrrole nitrogens is 1. The Kier molecular flexibility index (Phi) is 9.15. The van der Waals surface area contributed by atoms with Crippen LogP contribution in [0.15, 0.2) is 91.1 Å². The van der Waals surface area contributed by atoms with Crippen molar-refractivity contribution in [2.75, 3.05) is 20.7 Å². The molecule has 4 aromatic rings. The molecular weight excluding hydrogens is 470 g/mol. The van der Waals surface area contributed by atoms with E-state index in [9.17, 15) is 4.79 Å². The molecule has 1 unspecified atom stereocenters. The van der Waals surface area contributed by atoms with Gasteiger partial charge in [0.05, 0.1) is 18.3 Å². The smallest absolute Gasteiger partial charge is 0.245 e. The van der Waals surface area contributed by atoms with Crippen LogP contribution in [0.25, 0.3) is 22.0 Å². The zero-order valence-electron chi connectivity index (χ0n) is 22.8. The number of benzene rings is 3. The summed E-state index contributed by atoms with van der Waals surface area (Å²) in [5, 5.41) is 8.35. The molecule has 1 aromatic heterocycles. The summed E-state index contributed by atoms with van der Waals surface area (Å²) < 4.78 is 6.05. The van der Waals surface area contributed by atoms with Crippen LogP contribution in [0, 0.1) is 5.92 Å². The zero-order valence-corrected chi connectivity index (χ0v) is 22.8. The first-order valence-corrected chi connectivity index (χ1v) is 13.3. The summed E-state index contributed by atoms with van der Waals surface area (Å²) in [6.45, 7) is 4.98. The van der Waals surface area contributed by atoms with Crippen LogP contribution in [-0.2, 0) is 4.79 Å². The molecule has 0 saturated heterocycles. The molecule has 0 bridgehead atoms. The third-order valence-electron chi connectivity index (χ3n) is 6.73. The quantitative estimate of drug-likeness (QED) is 0.131. The van der Waals surface area contributed by atoms with E-state index in [0.29, 0.717) is 12.5 Å². The van der Waals surface area contributed by atoms with Gasteiger partial charge in [-0.15, -0.1) is 0 Å². The first-order valence-electron chi connectivity index (χ1n) is 13.3. The predicted octanol–water partition coefficient (Wildman–Crippen LogP) is 7.37. The van der Waals surface area contributed by atoms with Crippen LogP contribution in [0.3, 0.4) is 0 Å². The van der Waals surface area contributed by atoms with Crippen LogP contribution in [0.1, 0.15) is 49.8 Å². The first kappa shape index (κ1) is 26.9. The van der Waals surface area contributed by atoms with Crippen molar-refractivity contribution in [2.24, 2.45) is 5.92 Å². The molecular formula is C33H37N3O2. The van der Waals surface area contributed by atoms with Gasteiger partial charge in [0.25, 0.3) is 0 Å². The molecule has 1 amide bonds. The third-order valence-corrected chi connectivity index (χ3v) is 6.73. The van der Waals surface area contributed by atoms with Gasteiger partial charge in [-0.2, -0.15) is 5.10 Å². The van der Waals surface area contributed by atoms with Crippen molar-refractivity contribution in [1.29, 1.82) is 0 Å². The van der Waals surface area contributed by atoms with Crippen molar-refractivity contribution >= 4 is 28.0 Å². The van der Waals surface area contributed by atoms with Crippen LogP contribution in [0.5, 0.6) is 5.75 Å². The highest BCUT2D eigenvalue weighted by atomic mass is 16.5. The molecule has 1 atom stereocenters. The Bertz CT molecular complexity index is 1400. The van der Waals surface area contributed by atoms with E-state index in [1.54, 1.807) is 25.1 Å². The topological polar surface area (TPSA) is 58.2 Å². The van der Waals surface area contributed by atoms with Gasteiger partial charge in [0.1, 0.15) is 5.75 Å². The number of likely N-dealkylation sites (N-methyl/N-ethyl adjacent to an activating group) is 1.